The topological polar surface area (TPSA) is 237 Å². The van der Waals surface area contributed by atoms with E-state index in [0.29, 0.717) is 57.8 Å². The molecule has 0 aliphatic carbocycles. The highest BCUT2D eigenvalue weighted by molar-refractivity contribution is 5.74. The first-order chi connectivity index (χ1) is 69.1. The number of rotatable bonds is 75. The van der Waals surface area contributed by atoms with Gasteiger partial charge in [0.1, 0.15) is 53.9 Å². The van der Waals surface area contributed by atoms with Crippen LogP contribution in [0, 0.1) is 0 Å². The highest BCUT2D eigenvalue weighted by Crippen LogP contribution is 2.35. The van der Waals surface area contributed by atoms with Crippen molar-refractivity contribution < 1.29 is 85.8 Å². The van der Waals surface area contributed by atoms with E-state index in [1.165, 1.54) is 424 Å². The van der Waals surface area contributed by atoms with Crippen molar-refractivity contribution in [3.63, 3.8) is 0 Å². The summed E-state index contributed by atoms with van der Waals surface area (Å²) < 4.78 is 47.1. The van der Waals surface area contributed by atoms with Gasteiger partial charge in [0.25, 0.3) is 0 Å². The highest BCUT2D eigenvalue weighted by atomic mass is 16.6. The number of unbranched alkanes of at least 4 members (excludes halogenated alkanes) is 57. The number of hydrogen-bond donors (Lipinski definition) is 0. The van der Waals surface area contributed by atoms with Crippen LogP contribution >= 0.6 is 0 Å². The van der Waals surface area contributed by atoms with Gasteiger partial charge in [0, 0.05) is 57.8 Å². The average molecular weight is 2010 g/mol. The summed E-state index contributed by atoms with van der Waals surface area (Å²) in [6, 6.07) is 0. The standard InChI is InChI=1S/C17H32O2.C15H28O2.3C14H26O2.2C13H24O2.2C12H22O2/c1-2-3-4-5-6-7-8-9-10-11-12-13-16-14-15-17(18)19-16;1-2-3-4-5-6-7-8-9-10-11-14-12-13-15(16)17-14;1-3-4-5-6-7-8-9-11-14(2)12-10-13(15)16-14;1-2-3-4-5-6-7-8-10-13-11-9-12-14(15)16-13;1-2-3-4-5-6-7-8-9-10-13-11-12-14(15)16-13;1-3-4-5-6-7-8-10-13(2)11-9-12(14)15-13;1-2-3-4-5-6-7-8-9-12-10-11-13(14)15-12;1-2-3-4-5-6-8-11-9-7-10-12(13)14-11;1-2-3-4-5-6-7-8-11-9-10-12(13)14-11/h16H,2-15H2,1H3;14H,2-13H2,1H3;3-12H2,1-2H3;2*13H,2-12H2,1H3;3-11H2,1-2H3;12H,2-11H2,1H3;2*11H,2-10H2,1H3. The molecule has 9 aliphatic rings. The zero-order valence-corrected chi connectivity index (χ0v) is 95.1. The summed E-state index contributed by atoms with van der Waals surface area (Å²) >= 11 is 0. The predicted molar refractivity (Wildman–Crippen MR) is 588 cm³/mol. The summed E-state index contributed by atoms with van der Waals surface area (Å²) in [5, 5.41) is 0. The lowest BCUT2D eigenvalue weighted by Gasteiger charge is -2.22. The van der Waals surface area contributed by atoms with Crippen LogP contribution in [0.15, 0.2) is 0 Å². The second-order valence-corrected chi connectivity index (χ2v) is 44.3. The van der Waals surface area contributed by atoms with Crippen LogP contribution in [0.1, 0.15) is 686 Å². The van der Waals surface area contributed by atoms with Gasteiger partial charge in [0.2, 0.25) is 0 Å². The molecule has 0 spiro atoms. The molecule has 18 heteroatoms. The van der Waals surface area contributed by atoms with E-state index in [1.807, 2.05) is 0 Å². The van der Waals surface area contributed by atoms with Crippen LogP contribution in [-0.2, 0) is 85.8 Å². The molecular weight excluding hydrogens is 1780 g/mol. The number of hydrogen-bond acceptors (Lipinski definition) is 18. The smallest absolute Gasteiger partial charge is 0.306 e. The lowest BCUT2D eigenvalue weighted by atomic mass is 9.95. The molecule has 0 bridgehead atoms. The van der Waals surface area contributed by atoms with Crippen molar-refractivity contribution in [2.24, 2.45) is 0 Å². The van der Waals surface area contributed by atoms with E-state index in [4.69, 9.17) is 42.6 Å². The van der Waals surface area contributed by atoms with E-state index in [9.17, 15) is 43.2 Å². The van der Waals surface area contributed by atoms with Gasteiger partial charge >= 0.3 is 53.7 Å². The third-order valence-electron chi connectivity index (χ3n) is 30.0. The Morgan fingerprint density at radius 2 is 0.310 bits per heavy atom. The van der Waals surface area contributed by atoms with Crippen LogP contribution in [-0.4, -0.2) is 108 Å². The Bertz CT molecular complexity index is 2930. The normalized spacial score (nSPS) is 21.4. The minimum absolute atomic E-state index is 0.000910. The molecule has 18 nitrogen and oxygen atoms in total. The molecule has 9 saturated heterocycles. The van der Waals surface area contributed by atoms with E-state index in [0.717, 1.165) is 128 Å². The van der Waals surface area contributed by atoms with Crippen LogP contribution in [0.3, 0.4) is 0 Å². The second-order valence-electron chi connectivity index (χ2n) is 44.3. The first-order valence-corrected chi connectivity index (χ1v) is 61.9. The summed E-state index contributed by atoms with van der Waals surface area (Å²) in [7, 11) is 0. The summed E-state index contributed by atoms with van der Waals surface area (Å²) in [6.07, 6.45) is 116. The molecule has 0 saturated carbocycles. The molecule has 0 aromatic heterocycles. The van der Waals surface area contributed by atoms with Gasteiger partial charge in [-0.2, -0.15) is 0 Å². The summed E-state index contributed by atoms with van der Waals surface area (Å²) in [5.74, 6) is 0.0235. The van der Waals surface area contributed by atoms with Crippen LogP contribution in [0.2, 0.25) is 0 Å². The Labute approximate surface area is 874 Å². The molecule has 834 valence electrons. The largest absolute Gasteiger partial charge is 0.462 e. The van der Waals surface area contributed by atoms with Crippen LogP contribution in [0.4, 0.5) is 0 Å². The third-order valence-corrected chi connectivity index (χ3v) is 30.0. The molecule has 9 rings (SSSR count). The lowest BCUT2D eigenvalue weighted by molar-refractivity contribution is -0.155. The maximum atomic E-state index is 11.1. The van der Waals surface area contributed by atoms with Gasteiger partial charge in [0.15, 0.2) is 0 Å². The SMILES string of the molecule is CCCCCCCC1CCCC(=O)O1.CCCCCCCCC1(C)CCC(=O)O1.CCCCCCCCC1CCC(=O)O1.CCCCCCCCCC1(C)CCC(=O)O1.CCCCCCCCCC1CCC(=O)O1.CCCCCCCCCC1CCCC(=O)O1.CCCCCCCCCCC1CCC(=O)O1.CCCCCCCCCCCC1CCC(=O)O1.CCCCCCCCCCCCCC1CCC(=O)O1. The van der Waals surface area contributed by atoms with Crippen molar-refractivity contribution in [2.45, 2.75) is 740 Å². The second kappa shape index (κ2) is 98.3. The van der Waals surface area contributed by atoms with E-state index < -0.39 is 0 Å². The lowest BCUT2D eigenvalue weighted by Crippen LogP contribution is -2.23. The predicted octanol–water partition coefficient (Wildman–Crippen LogP) is 37.2. The Morgan fingerprint density at radius 1 is 0.169 bits per heavy atom. The van der Waals surface area contributed by atoms with Crippen molar-refractivity contribution in [1.82, 2.24) is 0 Å². The number of ether oxygens (including phenoxy) is 9. The van der Waals surface area contributed by atoms with Crippen LogP contribution in [0.5, 0.6) is 0 Å². The molecule has 9 atom stereocenters. The monoisotopic (exact) mass is 2010 g/mol. The van der Waals surface area contributed by atoms with E-state index in [-0.39, 0.29) is 108 Å². The van der Waals surface area contributed by atoms with E-state index >= 15 is 0 Å². The van der Waals surface area contributed by atoms with E-state index in [1.54, 1.807) is 0 Å². The number of carbonyl (C=O) groups excluding carboxylic acids is 9. The van der Waals surface area contributed by atoms with E-state index in [2.05, 4.69) is 76.2 Å². The third kappa shape index (κ3) is 86.1. The Balaban J connectivity index is 0.000000800. The summed E-state index contributed by atoms with van der Waals surface area (Å²) in [6.45, 7) is 24.4. The molecule has 9 fully saturated rings. The molecule has 0 N–H and O–H groups in total. The molecule has 0 aromatic rings. The molecule has 9 unspecified atom stereocenters. The fourth-order valence-electron chi connectivity index (χ4n) is 20.5. The minimum Gasteiger partial charge on any atom is -0.462 e. The first kappa shape index (κ1) is 135. The zero-order valence-electron chi connectivity index (χ0n) is 95.1. The van der Waals surface area contributed by atoms with Gasteiger partial charge in [-0.25, -0.2) is 0 Å². The van der Waals surface area contributed by atoms with Crippen molar-refractivity contribution in [1.29, 1.82) is 0 Å². The number of carbonyl (C=O) groups is 9. The average Bonchev–Trinajstić information content (AvgIpc) is 1.72. The summed E-state index contributed by atoms with van der Waals surface area (Å²) in [4.78, 5) is 98.4. The molecule has 0 amide bonds. The molecule has 0 aromatic carbocycles. The zero-order chi connectivity index (χ0) is 104. The Hall–Kier alpha value is -4.77. The molecule has 9 heterocycles. The maximum absolute atomic E-state index is 11.1. The molecule has 142 heavy (non-hydrogen) atoms. The van der Waals surface area contributed by atoms with Gasteiger partial charge in [-0.3, -0.25) is 43.2 Å². The van der Waals surface area contributed by atoms with Gasteiger partial charge in [-0.15, -0.1) is 0 Å². The number of esters is 9. The molecular formula is C124H230O18. The van der Waals surface area contributed by atoms with Crippen LogP contribution < -0.4 is 0 Å². The summed E-state index contributed by atoms with van der Waals surface area (Å²) in [5.41, 5.74) is -0.275. The maximum Gasteiger partial charge on any atom is 0.306 e. The fourth-order valence-corrected chi connectivity index (χ4v) is 20.5. The molecule has 0 radical (unpaired) electrons. The first-order valence-electron chi connectivity index (χ1n) is 61.9. The van der Waals surface area contributed by atoms with Gasteiger partial charge in [-0.1, -0.05) is 428 Å². The highest BCUT2D eigenvalue weighted by Gasteiger charge is 2.37. The number of cyclic esters (lactones) is 9. The van der Waals surface area contributed by atoms with Crippen molar-refractivity contribution in [2.75, 3.05) is 0 Å². The Morgan fingerprint density at radius 3 is 0.451 bits per heavy atom. The minimum atomic E-state index is -0.138. The van der Waals surface area contributed by atoms with Crippen molar-refractivity contribution >= 4 is 53.7 Å². The fraction of sp³-hybridized carbons (Fsp3) is 0.927. The van der Waals surface area contributed by atoms with Gasteiger partial charge in [-0.05, 0) is 200 Å². The van der Waals surface area contributed by atoms with Gasteiger partial charge in [0.05, 0.1) is 0 Å². The van der Waals surface area contributed by atoms with Crippen molar-refractivity contribution in [3.8, 4) is 0 Å². The van der Waals surface area contributed by atoms with Gasteiger partial charge < -0.3 is 42.6 Å². The van der Waals surface area contributed by atoms with Crippen LogP contribution in [0.25, 0.3) is 0 Å². The quantitative estimate of drug-likeness (QED) is 0.0312. The molecule has 9 aliphatic heterocycles. The van der Waals surface area contributed by atoms with Crippen molar-refractivity contribution in [3.05, 3.63) is 0 Å². The Kier molecular flexibility index (Phi) is 93.6.